The summed E-state index contributed by atoms with van der Waals surface area (Å²) in [4.78, 5) is 40.1. The van der Waals surface area contributed by atoms with Gasteiger partial charge in [0.15, 0.2) is 12.1 Å². The summed E-state index contributed by atoms with van der Waals surface area (Å²) in [5, 5.41) is 50.6. The third-order valence-corrected chi connectivity index (χ3v) is 4.08. The van der Waals surface area contributed by atoms with Crippen LogP contribution in [0.3, 0.4) is 0 Å². The predicted molar refractivity (Wildman–Crippen MR) is 139 cm³/mol. The highest BCUT2D eigenvalue weighted by Gasteiger charge is 2.13. The van der Waals surface area contributed by atoms with Crippen LogP contribution in [0.2, 0.25) is 0 Å². The van der Waals surface area contributed by atoms with E-state index in [1.165, 1.54) is 0 Å². The van der Waals surface area contributed by atoms with Crippen LogP contribution in [0.1, 0.15) is 66.7 Å². The van der Waals surface area contributed by atoms with E-state index in [1.807, 2.05) is 27.7 Å². The molecule has 15 heteroatoms. The summed E-state index contributed by atoms with van der Waals surface area (Å²) in [6.45, 7) is 9.88. The molecule has 4 atom stereocenters. The monoisotopic (exact) mass is 540 g/mol. The van der Waals surface area contributed by atoms with E-state index in [2.05, 4.69) is 5.32 Å². The Morgan fingerprint density at radius 1 is 0.757 bits per heavy atom. The third-order valence-electron chi connectivity index (χ3n) is 4.08. The second kappa shape index (κ2) is 24.7. The van der Waals surface area contributed by atoms with Crippen molar-refractivity contribution in [2.24, 2.45) is 34.8 Å². The molecule has 0 aliphatic rings. The lowest BCUT2D eigenvalue weighted by molar-refractivity contribution is -0.146. The average molecular weight is 541 g/mol. The first kappa shape index (κ1) is 41.1. The molecule has 0 saturated carbocycles. The van der Waals surface area contributed by atoms with Crippen molar-refractivity contribution in [3.8, 4) is 0 Å². The first-order valence-corrected chi connectivity index (χ1v) is 11.7. The summed E-state index contributed by atoms with van der Waals surface area (Å²) in [6.07, 6.45) is 1.17. The number of hydrogen-bond donors (Lipinski definition) is 11. The number of carbonyl (C=O) groups is 4. The summed E-state index contributed by atoms with van der Waals surface area (Å²) < 4.78 is 0. The molecule has 0 aromatic rings. The van der Waals surface area contributed by atoms with E-state index in [0.717, 1.165) is 0 Å². The zero-order valence-corrected chi connectivity index (χ0v) is 22.4. The quantitative estimate of drug-likeness (QED) is 0.0788. The van der Waals surface area contributed by atoms with Crippen molar-refractivity contribution in [2.75, 3.05) is 6.54 Å². The molecule has 15 nitrogen and oxygen atoms in total. The molecule has 220 valence electrons. The maximum absolute atomic E-state index is 10.2. The Hall–Kier alpha value is -3.01. The molecule has 0 aliphatic heterocycles. The number of nitrogens with two attached hydrogens (primary N) is 4. The highest BCUT2D eigenvalue weighted by Crippen LogP contribution is 2.02. The molecule has 0 rings (SSSR count). The molecule has 37 heavy (non-hydrogen) atoms. The van der Waals surface area contributed by atoms with Gasteiger partial charge in [-0.05, 0) is 43.9 Å². The first-order chi connectivity index (χ1) is 16.8. The van der Waals surface area contributed by atoms with Crippen LogP contribution < -0.4 is 28.3 Å². The molecular formula is C22H48N6O9. The number of aliphatic hydroxyl groups excluding tert-OH is 1. The molecule has 0 saturated heterocycles. The summed E-state index contributed by atoms with van der Waals surface area (Å²) >= 11 is 0. The lowest BCUT2D eigenvalue weighted by Crippen LogP contribution is -2.34. The fourth-order valence-corrected chi connectivity index (χ4v) is 2.06. The third kappa shape index (κ3) is 35.2. The van der Waals surface area contributed by atoms with Gasteiger partial charge < -0.3 is 53.8 Å². The number of rotatable bonds is 13. The van der Waals surface area contributed by atoms with Gasteiger partial charge in [-0.15, -0.1) is 0 Å². The van der Waals surface area contributed by atoms with Crippen molar-refractivity contribution in [2.45, 2.75) is 91.0 Å². The molecule has 0 amide bonds. The lowest BCUT2D eigenvalue weighted by Gasteiger charge is -2.07. The van der Waals surface area contributed by atoms with Crippen LogP contribution >= 0.6 is 0 Å². The fraction of sp³-hybridized carbons (Fsp3) is 0.773. The first-order valence-electron chi connectivity index (χ1n) is 11.7. The van der Waals surface area contributed by atoms with Gasteiger partial charge in [-0.3, -0.25) is 19.8 Å². The van der Waals surface area contributed by atoms with Crippen molar-refractivity contribution in [3.63, 3.8) is 0 Å². The molecule has 0 spiro atoms. The topological polar surface area (TPSA) is 309 Å². The van der Waals surface area contributed by atoms with Gasteiger partial charge in [0.1, 0.15) is 18.1 Å². The molecule has 15 N–H and O–H groups in total. The Morgan fingerprint density at radius 3 is 1.27 bits per heavy atom. The Labute approximate surface area is 218 Å². The normalized spacial score (nSPS) is 13.2. The zero-order chi connectivity index (χ0) is 30.3. The maximum Gasteiger partial charge on any atom is 0.332 e. The second-order valence-corrected chi connectivity index (χ2v) is 8.84. The van der Waals surface area contributed by atoms with E-state index in [-0.39, 0.29) is 12.4 Å². The van der Waals surface area contributed by atoms with Crippen LogP contribution in [0.5, 0.6) is 0 Å². The van der Waals surface area contributed by atoms with Gasteiger partial charge >= 0.3 is 23.9 Å². The summed E-state index contributed by atoms with van der Waals surface area (Å²) in [7, 11) is 0. The number of nitrogens with one attached hydrogen (secondary N) is 2. The second-order valence-electron chi connectivity index (χ2n) is 8.84. The minimum absolute atomic E-state index is 0.112. The summed E-state index contributed by atoms with van der Waals surface area (Å²) in [5.74, 6) is -3.38. The Morgan fingerprint density at radius 2 is 1.11 bits per heavy atom. The Bertz CT molecular complexity index is 637. The van der Waals surface area contributed by atoms with Crippen LogP contribution in [-0.4, -0.2) is 86.1 Å². The molecule has 0 aliphatic carbocycles. The fourth-order valence-electron chi connectivity index (χ4n) is 2.06. The lowest BCUT2D eigenvalue weighted by atomic mass is 10.1. The minimum atomic E-state index is -1.18. The van der Waals surface area contributed by atoms with E-state index in [9.17, 15) is 19.2 Å². The Balaban J connectivity index is -0.000000200. The van der Waals surface area contributed by atoms with Crippen LogP contribution in [0.25, 0.3) is 0 Å². The molecule has 0 aromatic carbocycles. The van der Waals surface area contributed by atoms with Crippen molar-refractivity contribution in [3.05, 3.63) is 0 Å². The highest BCUT2D eigenvalue weighted by atomic mass is 16.4. The molecule has 0 fully saturated rings. The highest BCUT2D eigenvalue weighted by molar-refractivity contribution is 5.74. The van der Waals surface area contributed by atoms with Gasteiger partial charge in [0.05, 0.1) is 0 Å². The Kier molecular flexibility index (Phi) is 27.4. The van der Waals surface area contributed by atoms with Gasteiger partial charge in [-0.25, -0.2) is 4.79 Å². The van der Waals surface area contributed by atoms with E-state index in [4.69, 9.17) is 53.9 Å². The zero-order valence-electron chi connectivity index (χ0n) is 22.4. The van der Waals surface area contributed by atoms with Crippen molar-refractivity contribution in [1.82, 2.24) is 5.32 Å². The van der Waals surface area contributed by atoms with Gasteiger partial charge in [-0.1, -0.05) is 34.6 Å². The van der Waals surface area contributed by atoms with Crippen molar-refractivity contribution < 1.29 is 44.7 Å². The van der Waals surface area contributed by atoms with E-state index in [0.29, 0.717) is 44.1 Å². The van der Waals surface area contributed by atoms with Crippen LogP contribution in [0.4, 0.5) is 0 Å². The van der Waals surface area contributed by atoms with E-state index in [1.54, 1.807) is 6.92 Å². The number of guanidine groups is 1. The summed E-state index contributed by atoms with van der Waals surface area (Å²) in [5.41, 5.74) is 20.7. The van der Waals surface area contributed by atoms with Gasteiger partial charge in [-0.2, -0.15) is 0 Å². The number of aliphatic hydroxyl groups is 1. The molecular weight excluding hydrogens is 492 g/mol. The smallest absolute Gasteiger partial charge is 0.332 e. The van der Waals surface area contributed by atoms with E-state index < -0.39 is 48.1 Å². The standard InChI is InChI=1S/C6H14N4O2.2C6H13NO2.C4H8O3/c7-4(5(11)12)2-1-3-10-6(8)9;2*1-4(2)3-5(7)6(8)9;1-2-3(5)4(6)7/h4H,1-3,7H2,(H,11,12)(H4,8,9,10);2*4-5H,3,7H2,1-2H3,(H,8,9);3,5H,2H2,1H3,(H,6,7). The van der Waals surface area contributed by atoms with Gasteiger partial charge in [0.2, 0.25) is 0 Å². The van der Waals surface area contributed by atoms with Gasteiger partial charge in [0.25, 0.3) is 0 Å². The van der Waals surface area contributed by atoms with Crippen LogP contribution in [0.15, 0.2) is 0 Å². The molecule has 0 aromatic heterocycles. The molecule has 0 heterocycles. The van der Waals surface area contributed by atoms with Gasteiger partial charge in [0, 0.05) is 6.54 Å². The summed E-state index contributed by atoms with van der Waals surface area (Å²) in [6, 6.07) is -2.20. The largest absolute Gasteiger partial charge is 0.480 e. The van der Waals surface area contributed by atoms with E-state index >= 15 is 0 Å². The number of aliphatic carboxylic acids is 4. The van der Waals surface area contributed by atoms with Crippen molar-refractivity contribution >= 4 is 29.8 Å². The van der Waals surface area contributed by atoms with Crippen molar-refractivity contribution in [1.29, 1.82) is 5.41 Å². The maximum atomic E-state index is 10.2. The minimum Gasteiger partial charge on any atom is -0.480 e. The number of hydrogen-bond acceptors (Lipinski definition) is 9. The molecule has 0 radical (unpaired) electrons. The van der Waals surface area contributed by atoms with Crippen LogP contribution in [0, 0.1) is 17.2 Å². The molecule has 4 unspecified atom stereocenters. The predicted octanol–water partition coefficient (Wildman–Crippen LogP) is -0.608. The SMILES string of the molecule is CC(C)CC(N)C(=O)O.CC(C)CC(N)C(=O)O.CCC(O)C(=O)O.N=C(N)NCCCC(N)C(=O)O. The molecule has 0 bridgehead atoms. The number of carboxylic acid groups (broad SMARTS) is 4. The van der Waals surface area contributed by atoms with Crippen LogP contribution in [-0.2, 0) is 19.2 Å². The number of carboxylic acids is 4. The average Bonchev–Trinajstić information content (AvgIpc) is 2.75.